The number of ether oxygens (including phenoxy) is 2. The summed E-state index contributed by atoms with van der Waals surface area (Å²) in [5, 5.41) is 15.8. The number of rotatable bonds is 7. The molecule has 0 saturated carbocycles. The van der Waals surface area contributed by atoms with Gasteiger partial charge in [0, 0.05) is 12.1 Å². The van der Waals surface area contributed by atoms with Gasteiger partial charge in [-0.2, -0.15) is 0 Å². The monoisotopic (exact) mass is 408 g/mol. The van der Waals surface area contributed by atoms with Crippen molar-refractivity contribution in [2.24, 2.45) is 0 Å². The first-order chi connectivity index (χ1) is 14.4. The molecule has 0 heterocycles. The number of amides is 1. The Bertz CT molecular complexity index is 1110. The van der Waals surface area contributed by atoms with E-state index in [1.807, 2.05) is 49.4 Å². The lowest BCUT2D eigenvalue weighted by atomic mass is 10.00. The molecule has 0 saturated heterocycles. The second kappa shape index (κ2) is 9.04. The zero-order valence-electron chi connectivity index (χ0n) is 16.5. The number of nitrogens with one attached hydrogen (secondary N) is 1. The summed E-state index contributed by atoms with van der Waals surface area (Å²) < 4.78 is 10.1. The standard InChI is InChI=1S/C22H20N2O6/c1-14(17-9-5-7-15-6-3-4-8-18(15)17)23-21(25)13-30-22(26)19-12-16(24(27)28)10-11-20(19)29-2/h3-12,14H,13H2,1-2H3,(H,23,25)/t14-/m1/s1. The van der Waals surface area contributed by atoms with E-state index in [1.165, 1.54) is 19.2 Å². The average molecular weight is 408 g/mol. The van der Waals surface area contributed by atoms with Crippen molar-refractivity contribution in [3.63, 3.8) is 0 Å². The Balaban J connectivity index is 1.66. The lowest BCUT2D eigenvalue weighted by Crippen LogP contribution is -2.31. The minimum Gasteiger partial charge on any atom is -0.496 e. The van der Waals surface area contributed by atoms with Gasteiger partial charge in [-0.25, -0.2) is 4.79 Å². The van der Waals surface area contributed by atoms with E-state index in [0.717, 1.165) is 22.4 Å². The van der Waals surface area contributed by atoms with Crippen LogP contribution >= 0.6 is 0 Å². The number of carbonyl (C=O) groups excluding carboxylic acids is 2. The van der Waals surface area contributed by atoms with Crippen molar-refractivity contribution >= 4 is 28.3 Å². The molecule has 0 unspecified atom stereocenters. The normalized spacial score (nSPS) is 11.5. The number of esters is 1. The Hall–Kier alpha value is -3.94. The largest absolute Gasteiger partial charge is 0.496 e. The molecule has 3 aromatic carbocycles. The van der Waals surface area contributed by atoms with E-state index in [2.05, 4.69) is 5.32 Å². The van der Waals surface area contributed by atoms with Gasteiger partial charge in [0.15, 0.2) is 6.61 Å². The Morgan fingerprint density at radius 3 is 2.57 bits per heavy atom. The van der Waals surface area contributed by atoms with Gasteiger partial charge in [0.1, 0.15) is 11.3 Å². The van der Waals surface area contributed by atoms with Crippen LogP contribution in [0.4, 0.5) is 5.69 Å². The molecule has 1 N–H and O–H groups in total. The Morgan fingerprint density at radius 2 is 1.83 bits per heavy atom. The summed E-state index contributed by atoms with van der Waals surface area (Å²) in [6, 6.07) is 16.9. The van der Waals surface area contributed by atoms with Crippen molar-refractivity contribution in [3.05, 3.63) is 81.9 Å². The number of hydrogen-bond acceptors (Lipinski definition) is 6. The fourth-order valence-corrected chi connectivity index (χ4v) is 3.17. The highest BCUT2D eigenvalue weighted by Crippen LogP contribution is 2.25. The zero-order chi connectivity index (χ0) is 21.7. The third-order valence-corrected chi connectivity index (χ3v) is 4.62. The number of hydrogen-bond donors (Lipinski definition) is 1. The van der Waals surface area contributed by atoms with Crippen LogP contribution in [-0.2, 0) is 9.53 Å². The van der Waals surface area contributed by atoms with E-state index < -0.39 is 23.4 Å². The molecule has 1 amide bonds. The van der Waals surface area contributed by atoms with Gasteiger partial charge in [-0.3, -0.25) is 14.9 Å². The second-order valence-electron chi connectivity index (χ2n) is 6.58. The second-order valence-corrected chi connectivity index (χ2v) is 6.58. The van der Waals surface area contributed by atoms with Crippen LogP contribution in [-0.4, -0.2) is 30.5 Å². The predicted molar refractivity (Wildman–Crippen MR) is 110 cm³/mol. The predicted octanol–water partition coefficient (Wildman–Crippen LogP) is 3.79. The van der Waals surface area contributed by atoms with E-state index in [4.69, 9.17) is 9.47 Å². The fraction of sp³-hybridized carbons (Fsp3) is 0.182. The first-order valence-corrected chi connectivity index (χ1v) is 9.17. The molecule has 0 aliphatic carbocycles. The third kappa shape index (κ3) is 4.54. The van der Waals surface area contributed by atoms with Gasteiger partial charge >= 0.3 is 5.97 Å². The lowest BCUT2D eigenvalue weighted by molar-refractivity contribution is -0.384. The third-order valence-electron chi connectivity index (χ3n) is 4.62. The first kappa shape index (κ1) is 20.8. The Labute approximate surface area is 172 Å². The molecule has 0 bridgehead atoms. The topological polar surface area (TPSA) is 108 Å². The molecule has 0 radical (unpaired) electrons. The SMILES string of the molecule is COc1ccc([N+](=O)[O-])cc1C(=O)OCC(=O)N[C@H](C)c1cccc2ccccc12. The molecule has 0 aromatic heterocycles. The molecule has 30 heavy (non-hydrogen) atoms. The van der Waals surface area contributed by atoms with Crippen LogP contribution in [0.3, 0.4) is 0 Å². The fourth-order valence-electron chi connectivity index (χ4n) is 3.17. The molecule has 154 valence electrons. The van der Waals surface area contributed by atoms with Gasteiger partial charge in [-0.05, 0) is 29.3 Å². The van der Waals surface area contributed by atoms with Crippen LogP contribution in [0, 0.1) is 10.1 Å². The Kier molecular flexibility index (Phi) is 6.26. The molecule has 0 aliphatic rings. The maximum atomic E-state index is 12.3. The number of nitro benzene ring substituents is 1. The molecule has 0 spiro atoms. The summed E-state index contributed by atoms with van der Waals surface area (Å²) in [5.41, 5.74) is 0.534. The molecule has 1 atom stereocenters. The smallest absolute Gasteiger partial charge is 0.342 e. The molecule has 3 aromatic rings. The van der Waals surface area contributed by atoms with Gasteiger partial charge in [0.2, 0.25) is 0 Å². The highest BCUT2D eigenvalue weighted by molar-refractivity contribution is 5.95. The van der Waals surface area contributed by atoms with E-state index in [-0.39, 0.29) is 23.0 Å². The van der Waals surface area contributed by atoms with Crippen LogP contribution in [0.2, 0.25) is 0 Å². The van der Waals surface area contributed by atoms with E-state index in [0.29, 0.717) is 0 Å². The van der Waals surface area contributed by atoms with E-state index in [9.17, 15) is 19.7 Å². The van der Waals surface area contributed by atoms with Gasteiger partial charge in [0.05, 0.1) is 18.1 Å². The van der Waals surface area contributed by atoms with Crippen LogP contribution in [0.1, 0.15) is 28.9 Å². The summed E-state index contributed by atoms with van der Waals surface area (Å²) in [6.45, 7) is 1.31. The van der Waals surface area contributed by atoms with Crippen molar-refractivity contribution < 1.29 is 24.0 Å². The van der Waals surface area contributed by atoms with Crippen molar-refractivity contribution in [2.45, 2.75) is 13.0 Å². The van der Waals surface area contributed by atoms with Crippen LogP contribution in [0.15, 0.2) is 60.7 Å². The van der Waals surface area contributed by atoms with Gasteiger partial charge < -0.3 is 14.8 Å². The molecule has 0 aliphatic heterocycles. The van der Waals surface area contributed by atoms with Crippen molar-refractivity contribution in [1.29, 1.82) is 0 Å². The number of non-ortho nitro benzene ring substituents is 1. The van der Waals surface area contributed by atoms with Crippen LogP contribution < -0.4 is 10.1 Å². The average Bonchev–Trinajstić information content (AvgIpc) is 2.76. The lowest BCUT2D eigenvalue weighted by Gasteiger charge is -2.17. The molecular formula is C22H20N2O6. The summed E-state index contributed by atoms with van der Waals surface area (Å²) in [5.74, 6) is -1.26. The molecule has 3 rings (SSSR count). The molecule has 0 fully saturated rings. The van der Waals surface area contributed by atoms with E-state index in [1.54, 1.807) is 0 Å². The van der Waals surface area contributed by atoms with Crippen LogP contribution in [0.5, 0.6) is 5.75 Å². The minimum atomic E-state index is -0.886. The number of nitro groups is 1. The number of benzene rings is 3. The highest BCUT2D eigenvalue weighted by Gasteiger charge is 2.20. The number of methoxy groups -OCH3 is 1. The number of fused-ring (bicyclic) bond motifs is 1. The van der Waals surface area contributed by atoms with Crippen LogP contribution in [0.25, 0.3) is 10.8 Å². The number of carbonyl (C=O) groups is 2. The summed E-state index contributed by atoms with van der Waals surface area (Å²) in [4.78, 5) is 34.9. The Morgan fingerprint density at radius 1 is 1.10 bits per heavy atom. The van der Waals surface area contributed by atoms with Gasteiger partial charge in [0.25, 0.3) is 11.6 Å². The van der Waals surface area contributed by atoms with Crippen molar-refractivity contribution in [1.82, 2.24) is 5.32 Å². The zero-order valence-corrected chi connectivity index (χ0v) is 16.5. The minimum absolute atomic E-state index is 0.120. The highest BCUT2D eigenvalue weighted by atomic mass is 16.6. The maximum absolute atomic E-state index is 12.3. The first-order valence-electron chi connectivity index (χ1n) is 9.17. The molecule has 8 nitrogen and oxygen atoms in total. The summed E-state index contributed by atoms with van der Waals surface area (Å²) >= 11 is 0. The molecule has 8 heteroatoms. The summed E-state index contributed by atoms with van der Waals surface area (Å²) in [6.07, 6.45) is 0. The van der Waals surface area contributed by atoms with Crippen molar-refractivity contribution in [3.8, 4) is 5.75 Å². The quantitative estimate of drug-likeness (QED) is 0.362. The molecular weight excluding hydrogens is 388 g/mol. The summed E-state index contributed by atoms with van der Waals surface area (Å²) in [7, 11) is 1.33. The number of nitrogens with zero attached hydrogens (tertiary/aromatic N) is 1. The van der Waals surface area contributed by atoms with Crippen molar-refractivity contribution in [2.75, 3.05) is 13.7 Å². The van der Waals surface area contributed by atoms with Gasteiger partial charge in [-0.1, -0.05) is 42.5 Å². The maximum Gasteiger partial charge on any atom is 0.342 e. The van der Waals surface area contributed by atoms with Gasteiger partial charge in [-0.15, -0.1) is 0 Å². The van der Waals surface area contributed by atoms with E-state index >= 15 is 0 Å².